The number of aromatic nitrogens is 2. The van der Waals surface area contributed by atoms with Gasteiger partial charge in [-0.15, -0.1) is 0 Å². The molecule has 10 aromatic rings. The van der Waals surface area contributed by atoms with Crippen LogP contribution in [-0.4, -0.2) is 9.13 Å². The zero-order valence-electron chi connectivity index (χ0n) is 33.0. The molecule has 0 saturated carbocycles. The molecule has 0 radical (unpaired) electrons. The summed E-state index contributed by atoms with van der Waals surface area (Å²) in [5.41, 5.74) is 2.59. The van der Waals surface area contributed by atoms with E-state index in [4.69, 9.17) is 0 Å². The summed E-state index contributed by atoms with van der Waals surface area (Å²) < 4.78 is 134. The van der Waals surface area contributed by atoms with E-state index in [1.807, 2.05) is 61.5 Å². The highest BCUT2D eigenvalue weighted by Gasteiger charge is 2.37. The Balaban J connectivity index is 1.20. The highest BCUT2D eigenvalue weighted by Crippen LogP contribution is 2.45. The first-order chi connectivity index (χ1) is 30.0. The van der Waals surface area contributed by atoms with Crippen molar-refractivity contribution in [3.05, 3.63) is 192 Å². The Kier molecular flexibility index (Phi) is 9.11. The molecule has 0 aliphatic rings. The predicted molar refractivity (Wildman–Crippen MR) is 231 cm³/mol. The van der Waals surface area contributed by atoms with Crippen LogP contribution in [0.4, 0.5) is 39.5 Å². The molecule has 0 aliphatic heterocycles. The average molecular weight is 855 g/mol. The molecule has 8 aromatic carbocycles. The summed E-state index contributed by atoms with van der Waals surface area (Å²) in [6.45, 7) is 1.96. The zero-order valence-corrected chi connectivity index (χ0v) is 33.0. The number of halogens is 9. The molecule has 11 heteroatoms. The fourth-order valence-electron chi connectivity index (χ4n) is 8.69. The van der Waals surface area contributed by atoms with Crippen LogP contribution in [0.15, 0.2) is 170 Å². The maximum absolute atomic E-state index is 15.1. The Hall–Kier alpha value is -7.27. The summed E-state index contributed by atoms with van der Waals surface area (Å²) in [6, 6.07) is 44.1. The third kappa shape index (κ3) is 6.88. The van der Waals surface area contributed by atoms with Gasteiger partial charge in [-0.2, -0.15) is 39.5 Å². The monoisotopic (exact) mass is 854 g/mol. The summed E-state index contributed by atoms with van der Waals surface area (Å²) >= 11 is 0. The molecule has 0 bridgehead atoms. The molecular weight excluding hydrogens is 824 g/mol. The van der Waals surface area contributed by atoms with Crippen LogP contribution in [0.3, 0.4) is 0 Å². The predicted octanol–water partition coefficient (Wildman–Crippen LogP) is 16.2. The molecule has 0 saturated heterocycles. The van der Waals surface area contributed by atoms with Crippen LogP contribution in [0.25, 0.3) is 88.4 Å². The van der Waals surface area contributed by atoms with Gasteiger partial charge >= 0.3 is 18.5 Å². The van der Waals surface area contributed by atoms with Gasteiger partial charge in [0, 0.05) is 21.5 Å². The number of nitrogens with zero attached hydrogens (tertiary/aromatic N) is 2. The third-order valence-electron chi connectivity index (χ3n) is 11.7. The number of rotatable bonds is 5. The van der Waals surface area contributed by atoms with Crippen LogP contribution in [0.2, 0.25) is 0 Å². The minimum absolute atomic E-state index is 0.202. The van der Waals surface area contributed by atoms with E-state index in [0.29, 0.717) is 44.0 Å². The molecule has 0 spiro atoms. The van der Waals surface area contributed by atoms with Gasteiger partial charge in [-0.3, -0.25) is 0 Å². The van der Waals surface area contributed by atoms with Gasteiger partial charge in [0.25, 0.3) is 0 Å². The summed E-state index contributed by atoms with van der Waals surface area (Å²) in [5.74, 6) is 0. The number of para-hydroxylation sites is 2. The molecule has 63 heavy (non-hydrogen) atoms. The van der Waals surface area contributed by atoms with E-state index in [9.17, 15) is 13.2 Å². The van der Waals surface area contributed by atoms with Gasteiger partial charge < -0.3 is 9.13 Å². The second-order valence-corrected chi connectivity index (χ2v) is 15.6. The molecular formula is C52H31F9N2. The molecule has 10 rings (SSSR count). The minimum atomic E-state index is -4.86. The largest absolute Gasteiger partial charge is 0.418 e. The number of hydrogen-bond donors (Lipinski definition) is 0. The highest BCUT2D eigenvalue weighted by atomic mass is 19.4. The van der Waals surface area contributed by atoms with Crippen LogP contribution in [0.5, 0.6) is 0 Å². The Labute approximate surface area is 353 Å². The number of fused-ring (bicyclic) bond motifs is 6. The number of benzene rings is 8. The molecule has 2 heterocycles. The molecule has 0 aliphatic carbocycles. The van der Waals surface area contributed by atoms with Crippen molar-refractivity contribution in [3.8, 4) is 44.8 Å². The van der Waals surface area contributed by atoms with Crippen LogP contribution in [-0.2, 0) is 18.5 Å². The third-order valence-corrected chi connectivity index (χ3v) is 11.7. The van der Waals surface area contributed by atoms with Crippen molar-refractivity contribution in [1.82, 2.24) is 9.13 Å². The Morgan fingerprint density at radius 3 is 1.08 bits per heavy atom. The summed E-state index contributed by atoms with van der Waals surface area (Å²) in [5, 5.41) is 2.66. The standard InChI is InChI=1S/C52H31F9N2/c1-30-10-12-31(13-11-30)33-16-22-40-38-6-2-4-8-44(38)62(46(40)26-33)48-28-35(18-24-42(48)51(56,57)58)36-19-25-43(52(59,60)61)49(29-36)63-45-9-5-3-7-39(45)41-23-17-34(27-47(41)63)32-14-20-37(21-15-32)50(53,54)55/h2-29H,1H3. The summed E-state index contributed by atoms with van der Waals surface area (Å²) in [6.07, 6.45) is -14.2. The van der Waals surface area contributed by atoms with Crippen LogP contribution >= 0.6 is 0 Å². The second kappa shape index (κ2) is 14.4. The normalized spacial score (nSPS) is 12.6. The van der Waals surface area contributed by atoms with Crippen molar-refractivity contribution in [3.63, 3.8) is 0 Å². The van der Waals surface area contributed by atoms with Gasteiger partial charge in [0.15, 0.2) is 0 Å². The molecule has 0 amide bonds. The van der Waals surface area contributed by atoms with E-state index in [0.717, 1.165) is 51.7 Å². The molecule has 0 unspecified atom stereocenters. The lowest BCUT2D eigenvalue weighted by molar-refractivity contribution is -0.138. The quantitative estimate of drug-likeness (QED) is 0.153. The van der Waals surface area contributed by atoms with Crippen molar-refractivity contribution in [2.45, 2.75) is 25.5 Å². The number of hydrogen-bond acceptors (Lipinski definition) is 0. The lowest BCUT2D eigenvalue weighted by Gasteiger charge is -2.20. The van der Waals surface area contributed by atoms with Crippen molar-refractivity contribution in [2.24, 2.45) is 0 Å². The summed E-state index contributed by atoms with van der Waals surface area (Å²) in [4.78, 5) is 0. The fourth-order valence-corrected chi connectivity index (χ4v) is 8.69. The molecule has 2 aromatic heterocycles. The summed E-state index contributed by atoms with van der Waals surface area (Å²) in [7, 11) is 0. The van der Waals surface area contributed by atoms with Gasteiger partial charge in [0.05, 0.1) is 50.1 Å². The van der Waals surface area contributed by atoms with Crippen molar-refractivity contribution in [1.29, 1.82) is 0 Å². The number of aryl methyl sites for hydroxylation is 1. The maximum Gasteiger partial charge on any atom is 0.418 e. The Morgan fingerprint density at radius 2 is 0.667 bits per heavy atom. The Morgan fingerprint density at radius 1 is 0.317 bits per heavy atom. The van der Waals surface area contributed by atoms with Gasteiger partial charge in [0.2, 0.25) is 0 Å². The number of alkyl halides is 9. The van der Waals surface area contributed by atoms with Gasteiger partial charge in [-0.1, -0.05) is 115 Å². The van der Waals surface area contributed by atoms with Crippen LogP contribution < -0.4 is 0 Å². The zero-order chi connectivity index (χ0) is 44.0. The van der Waals surface area contributed by atoms with E-state index in [1.165, 1.54) is 41.0 Å². The first-order valence-corrected chi connectivity index (χ1v) is 19.8. The topological polar surface area (TPSA) is 9.86 Å². The lowest BCUT2D eigenvalue weighted by atomic mass is 9.98. The smallest absolute Gasteiger partial charge is 0.309 e. The van der Waals surface area contributed by atoms with E-state index >= 15 is 26.3 Å². The van der Waals surface area contributed by atoms with Crippen LogP contribution in [0, 0.1) is 6.92 Å². The van der Waals surface area contributed by atoms with Gasteiger partial charge in [0.1, 0.15) is 0 Å². The molecule has 0 N–H and O–H groups in total. The lowest BCUT2D eigenvalue weighted by Crippen LogP contribution is -2.12. The molecule has 0 atom stereocenters. The van der Waals surface area contributed by atoms with E-state index in [2.05, 4.69) is 0 Å². The first kappa shape index (κ1) is 39.8. The maximum atomic E-state index is 15.1. The Bertz CT molecular complexity index is 3400. The first-order valence-electron chi connectivity index (χ1n) is 19.8. The van der Waals surface area contributed by atoms with Crippen molar-refractivity contribution >= 4 is 43.6 Å². The SMILES string of the molecule is Cc1ccc(-c2ccc3c4ccccc4n(-c4cc(-c5ccc(C(F)(F)F)c(-n6c7ccccc7c7ccc(-c8ccc(C(F)(F)F)cc8)cc76)c5)ccc4C(F)(F)F)c3c2)cc1. The molecule has 312 valence electrons. The average Bonchev–Trinajstić information content (AvgIpc) is 3.77. The fraction of sp³-hybridized carbons (Fsp3) is 0.0769. The van der Waals surface area contributed by atoms with Crippen LogP contribution in [0.1, 0.15) is 22.3 Å². The van der Waals surface area contributed by atoms with Crippen molar-refractivity contribution in [2.75, 3.05) is 0 Å². The van der Waals surface area contributed by atoms with E-state index < -0.39 is 35.2 Å². The van der Waals surface area contributed by atoms with Gasteiger partial charge in [-0.05, 0) is 101 Å². The second-order valence-electron chi connectivity index (χ2n) is 15.6. The van der Waals surface area contributed by atoms with E-state index in [-0.39, 0.29) is 22.5 Å². The minimum Gasteiger partial charge on any atom is -0.309 e. The highest BCUT2D eigenvalue weighted by molar-refractivity contribution is 6.11. The molecule has 0 fully saturated rings. The molecule has 2 nitrogen and oxygen atoms in total. The van der Waals surface area contributed by atoms with Gasteiger partial charge in [-0.25, -0.2) is 0 Å². The van der Waals surface area contributed by atoms with Crippen molar-refractivity contribution < 1.29 is 39.5 Å². The van der Waals surface area contributed by atoms with E-state index in [1.54, 1.807) is 59.2 Å².